The lowest BCUT2D eigenvalue weighted by Crippen LogP contribution is -2.63. The Morgan fingerprint density at radius 1 is 1.31 bits per heavy atom. The normalized spacial score (nSPS) is 35.6. The lowest BCUT2D eigenvalue weighted by Gasteiger charge is -2.46. The number of hydrogen-bond acceptors (Lipinski definition) is 7. The minimum Gasteiger partial charge on any atom is -0.477 e. The van der Waals surface area contributed by atoms with Crippen LogP contribution >= 0.6 is 11.8 Å². The fourth-order valence-corrected chi connectivity index (χ4v) is 6.90. The van der Waals surface area contributed by atoms with E-state index in [0.717, 1.165) is 0 Å². The van der Waals surface area contributed by atoms with Crippen LogP contribution < -0.4 is 5.32 Å². The Hall–Kier alpha value is -2.11. The Labute approximate surface area is 191 Å². The van der Waals surface area contributed by atoms with E-state index in [1.165, 1.54) is 23.0 Å². The molecule has 0 saturated carbocycles. The highest BCUT2D eigenvalue weighted by atomic mass is 32.2. The van der Waals surface area contributed by atoms with Gasteiger partial charge >= 0.3 is 5.97 Å². The number of carboxylic acid groups (broad SMARTS) is 1. The molecule has 11 heteroatoms. The molecule has 7 atom stereocenters. The molecule has 4 aliphatic heterocycles. The van der Waals surface area contributed by atoms with Gasteiger partial charge in [0, 0.05) is 48.3 Å². The molecule has 3 saturated heterocycles. The molecule has 4 rings (SSSR count). The number of aliphatic hydroxyl groups excluding tert-OH is 1. The molecule has 4 aliphatic rings. The Balaban J connectivity index is 1.42. The molecule has 4 N–H and O–H groups in total. The molecule has 0 radical (unpaired) electrons. The fraction of sp³-hybridized carbons (Fsp3) is 0.714. The van der Waals surface area contributed by atoms with E-state index in [9.17, 15) is 24.6 Å². The maximum absolute atomic E-state index is 13.0. The molecule has 2 amide bonds. The number of piperazine rings is 1. The van der Waals surface area contributed by atoms with E-state index in [2.05, 4.69) is 5.32 Å². The fourth-order valence-electron chi connectivity index (χ4n) is 5.42. The average molecular weight is 466 g/mol. The summed E-state index contributed by atoms with van der Waals surface area (Å²) in [5.41, 5.74) is 0.0285. The van der Waals surface area contributed by atoms with Crippen LogP contribution in [-0.2, 0) is 14.4 Å². The van der Waals surface area contributed by atoms with Crippen molar-refractivity contribution in [2.45, 2.75) is 56.7 Å². The summed E-state index contributed by atoms with van der Waals surface area (Å²) in [4.78, 5) is 43.3. The summed E-state index contributed by atoms with van der Waals surface area (Å²) < 4.78 is 0. The molecule has 10 nitrogen and oxygen atoms in total. The van der Waals surface area contributed by atoms with Gasteiger partial charge < -0.3 is 30.2 Å². The number of carbonyl (C=O) groups excluding carboxylic acids is 2. The molecule has 0 aromatic carbocycles. The zero-order chi connectivity index (χ0) is 23.3. The summed E-state index contributed by atoms with van der Waals surface area (Å²) in [6, 6.07) is -0.543. The number of hydrogen-bond donors (Lipinski definition) is 4. The van der Waals surface area contributed by atoms with Crippen LogP contribution in [0.1, 0.15) is 27.2 Å². The molecule has 0 aliphatic carbocycles. The van der Waals surface area contributed by atoms with E-state index in [1.54, 1.807) is 6.92 Å². The van der Waals surface area contributed by atoms with E-state index < -0.39 is 18.0 Å². The third-order valence-electron chi connectivity index (χ3n) is 7.15. The molecular weight excluding hydrogens is 434 g/mol. The SMILES string of the molecule is CC(O)C1C(=O)N2C(C(=O)O)=C(SC3CNC(C(=O)N4CCN(C=N)C(C)C4)C3)C(C)[C@H]12. The van der Waals surface area contributed by atoms with Crippen LogP contribution in [0.3, 0.4) is 0 Å². The molecule has 4 heterocycles. The largest absolute Gasteiger partial charge is 0.477 e. The number of fused-ring (bicyclic) bond motifs is 1. The lowest BCUT2D eigenvalue weighted by atomic mass is 9.79. The summed E-state index contributed by atoms with van der Waals surface area (Å²) in [5, 5.41) is 30.5. The number of β-lactam (4-membered cyclic amide) rings is 1. The molecule has 176 valence electrons. The first-order chi connectivity index (χ1) is 15.1. The first-order valence-electron chi connectivity index (χ1n) is 11.1. The predicted octanol–water partition coefficient (Wildman–Crippen LogP) is -0.256. The lowest BCUT2D eigenvalue weighted by molar-refractivity contribution is -0.163. The Morgan fingerprint density at radius 2 is 2.03 bits per heavy atom. The number of rotatable bonds is 6. The number of carbonyl (C=O) groups is 3. The Bertz CT molecular complexity index is 864. The van der Waals surface area contributed by atoms with E-state index in [4.69, 9.17) is 5.41 Å². The minimum absolute atomic E-state index is 0.0230. The zero-order valence-electron chi connectivity index (χ0n) is 18.5. The second-order valence-electron chi connectivity index (χ2n) is 9.21. The van der Waals surface area contributed by atoms with Crippen molar-refractivity contribution in [3.05, 3.63) is 10.6 Å². The molecule has 0 spiro atoms. The summed E-state index contributed by atoms with van der Waals surface area (Å²) >= 11 is 1.45. The van der Waals surface area contributed by atoms with Crippen molar-refractivity contribution in [1.82, 2.24) is 20.0 Å². The first kappa shape index (κ1) is 23.1. The van der Waals surface area contributed by atoms with Gasteiger partial charge in [0.15, 0.2) is 0 Å². The summed E-state index contributed by atoms with van der Waals surface area (Å²) in [5.74, 6) is -2.16. The van der Waals surface area contributed by atoms with Crippen LogP contribution in [0.25, 0.3) is 0 Å². The van der Waals surface area contributed by atoms with E-state index in [0.29, 0.717) is 37.5 Å². The number of nitrogens with zero attached hydrogens (tertiary/aromatic N) is 3. The summed E-state index contributed by atoms with van der Waals surface area (Å²) in [6.45, 7) is 7.86. The molecule has 3 fully saturated rings. The quantitative estimate of drug-likeness (QED) is 0.239. The van der Waals surface area contributed by atoms with Gasteiger partial charge in [-0.05, 0) is 20.3 Å². The maximum Gasteiger partial charge on any atom is 0.353 e. The van der Waals surface area contributed by atoms with Crippen molar-refractivity contribution < 1.29 is 24.6 Å². The highest BCUT2D eigenvalue weighted by Gasteiger charge is 2.60. The van der Waals surface area contributed by atoms with Gasteiger partial charge in [-0.25, -0.2) is 4.79 Å². The van der Waals surface area contributed by atoms with Crippen LogP contribution in [0.15, 0.2) is 10.6 Å². The number of carboxylic acids is 1. The van der Waals surface area contributed by atoms with Gasteiger partial charge in [0.05, 0.1) is 30.4 Å². The van der Waals surface area contributed by atoms with Crippen molar-refractivity contribution in [1.29, 1.82) is 5.41 Å². The molecule has 0 aromatic rings. The standard InChI is InChI=1S/C21H31N5O5S/c1-10-8-24(4-5-25(10)9-22)19(28)14-6-13(7-23-14)32-18-11(2)16-15(12(3)27)20(29)26(16)17(18)21(30)31/h9-16,22-23,27H,4-8H2,1-3H3,(H,30,31)/t10?,11?,12?,13?,14?,15?,16-/m1/s1. The van der Waals surface area contributed by atoms with Gasteiger partial charge in [-0.1, -0.05) is 6.92 Å². The van der Waals surface area contributed by atoms with Crippen LogP contribution in [-0.4, -0.2) is 105 Å². The average Bonchev–Trinajstić information content (AvgIpc) is 3.29. The predicted molar refractivity (Wildman–Crippen MR) is 119 cm³/mol. The number of aliphatic carboxylic acids is 1. The van der Waals surface area contributed by atoms with Crippen molar-refractivity contribution in [2.75, 3.05) is 26.2 Å². The second-order valence-corrected chi connectivity index (χ2v) is 10.6. The van der Waals surface area contributed by atoms with Gasteiger partial charge in [0.1, 0.15) is 5.70 Å². The summed E-state index contributed by atoms with van der Waals surface area (Å²) in [7, 11) is 0. The number of amides is 2. The van der Waals surface area contributed by atoms with Crippen molar-refractivity contribution in [3.8, 4) is 0 Å². The van der Waals surface area contributed by atoms with E-state index in [1.807, 2.05) is 23.6 Å². The van der Waals surface area contributed by atoms with Crippen LogP contribution in [0, 0.1) is 17.2 Å². The Morgan fingerprint density at radius 3 is 2.62 bits per heavy atom. The molecule has 0 bridgehead atoms. The highest BCUT2D eigenvalue weighted by Crippen LogP contribution is 2.51. The molecule has 6 unspecified atom stereocenters. The molecular formula is C21H31N5O5S. The molecule has 32 heavy (non-hydrogen) atoms. The van der Waals surface area contributed by atoms with Crippen molar-refractivity contribution in [2.24, 2.45) is 11.8 Å². The maximum atomic E-state index is 13.0. The van der Waals surface area contributed by atoms with Crippen molar-refractivity contribution in [3.63, 3.8) is 0 Å². The van der Waals surface area contributed by atoms with Gasteiger partial charge in [-0.2, -0.15) is 0 Å². The van der Waals surface area contributed by atoms with Gasteiger partial charge in [-0.3, -0.25) is 15.0 Å². The zero-order valence-corrected chi connectivity index (χ0v) is 19.3. The highest BCUT2D eigenvalue weighted by molar-refractivity contribution is 8.03. The first-order valence-corrected chi connectivity index (χ1v) is 12.0. The number of thioether (sulfide) groups is 1. The van der Waals surface area contributed by atoms with Gasteiger partial charge in [-0.15, -0.1) is 11.8 Å². The van der Waals surface area contributed by atoms with Crippen molar-refractivity contribution >= 4 is 35.9 Å². The monoisotopic (exact) mass is 465 g/mol. The minimum atomic E-state index is -1.13. The number of aliphatic hydroxyl groups is 1. The van der Waals surface area contributed by atoms with Gasteiger partial charge in [0.25, 0.3) is 0 Å². The smallest absolute Gasteiger partial charge is 0.353 e. The topological polar surface area (TPSA) is 137 Å². The van der Waals surface area contributed by atoms with E-state index >= 15 is 0 Å². The third kappa shape index (κ3) is 3.69. The Kier molecular flexibility index (Phi) is 6.25. The van der Waals surface area contributed by atoms with Crippen LogP contribution in [0.5, 0.6) is 0 Å². The second kappa shape index (κ2) is 8.68. The summed E-state index contributed by atoms with van der Waals surface area (Å²) in [6.07, 6.45) is 1.08. The van der Waals surface area contributed by atoms with Gasteiger partial charge in [0.2, 0.25) is 11.8 Å². The van der Waals surface area contributed by atoms with Crippen LogP contribution in [0.4, 0.5) is 0 Å². The third-order valence-corrected chi connectivity index (χ3v) is 8.66. The van der Waals surface area contributed by atoms with Crippen LogP contribution in [0.2, 0.25) is 0 Å². The molecule has 0 aromatic heterocycles. The van der Waals surface area contributed by atoms with E-state index in [-0.39, 0.29) is 46.8 Å². The number of nitrogens with one attached hydrogen (secondary N) is 2.